The van der Waals surface area contributed by atoms with Crippen LogP contribution in [0.5, 0.6) is 11.5 Å². The Morgan fingerprint density at radius 1 is 1.03 bits per heavy atom. The number of piperidine rings is 1. The van der Waals surface area contributed by atoms with Crippen LogP contribution < -0.4 is 15.0 Å². The zero-order valence-corrected chi connectivity index (χ0v) is 18.9. The third-order valence-electron chi connectivity index (χ3n) is 5.76. The van der Waals surface area contributed by atoms with Crippen molar-refractivity contribution in [1.29, 1.82) is 0 Å². The number of aromatic amines is 1. The van der Waals surface area contributed by atoms with Gasteiger partial charge in [0.05, 0.1) is 24.1 Å². The molecule has 1 saturated heterocycles. The second-order valence-corrected chi connectivity index (χ2v) is 8.20. The Hall–Kier alpha value is -2.64. The third-order valence-corrected chi connectivity index (χ3v) is 6.06. The predicted molar refractivity (Wildman–Crippen MR) is 126 cm³/mol. The first-order valence-electron chi connectivity index (χ1n) is 10.9. The second kappa shape index (κ2) is 9.66. The van der Waals surface area contributed by atoms with Gasteiger partial charge >= 0.3 is 0 Å². The lowest BCUT2D eigenvalue weighted by molar-refractivity contribution is 0.177. The topological polar surface area (TPSA) is 59.5 Å². The number of fused-ring (bicyclic) bond motifs is 1. The average molecular weight is 440 g/mol. The van der Waals surface area contributed by atoms with Crippen molar-refractivity contribution in [3.05, 3.63) is 63.2 Å². The van der Waals surface area contributed by atoms with Gasteiger partial charge in [0.2, 0.25) is 0 Å². The number of aromatic nitrogens is 2. The van der Waals surface area contributed by atoms with Crippen molar-refractivity contribution in [2.75, 3.05) is 26.3 Å². The van der Waals surface area contributed by atoms with Crippen LogP contribution in [0.2, 0.25) is 0 Å². The molecule has 4 rings (SSSR count). The van der Waals surface area contributed by atoms with Crippen molar-refractivity contribution in [3.8, 4) is 11.5 Å². The molecule has 1 aliphatic rings. The highest BCUT2D eigenvalue weighted by atomic mass is 32.1. The minimum Gasteiger partial charge on any atom is -0.490 e. The maximum atomic E-state index is 13.4. The largest absolute Gasteiger partial charge is 0.490 e. The van der Waals surface area contributed by atoms with Crippen LogP contribution in [0.15, 0.2) is 47.3 Å². The summed E-state index contributed by atoms with van der Waals surface area (Å²) in [5.41, 5.74) is 1.93. The van der Waals surface area contributed by atoms with E-state index in [4.69, 9.17) is 21.7 Å². The molecule has 1 fully saturated rings. The van der Waals surface area contributed by atoms with Gasteiger partial charge < -0.3 is 14.5 Å². The standard InChI is InChI=1S/C24H29N3O3S/c1-3-29-21-14-19-20(15-22(21)30-4-2)25-24(31)27(23(19)28)18-10-12-26(13-11-18)16-17-8-6-5-7-9-17/h5-9,14-15,18H,3-4,10-13,16H2,1-2H3,(H,25,31). The Labute approximate surface area is 187 Å². The van der Waals surface area contributed by atoms with Gasteiger partial charge in [0.1, 0.15) is 0 Å². The van der Waals surface area contributed by atoms with Crippen LogP contribution in [0.4, 0.5) is 0 Å². The summed E-state index contributed by atoms with van der Waals surface area (Å²) < 4.78 is 13.6. The average Bonchev–Trinajstić information content (AvgIpc) is 2.77. The number of benzene rings is 2. The SMILES string of the molecule is CCOc1cc2[nH]c(=S)n(C3CCN(Cc4ccccc4)CC3)c(=O)c2cc1OCC. The fourth-order valence-corrected chi connectivity index (χ4v) is 4.63. The molecule has 0 amide bonds. The molecule has 164 valence electrons. The summed E-state index contributed by atoms with van der Waals surface area (Å²) in [6.45, 7) is 7.67. The summed E-state index contributed by atoms with van der Waals surface area (Å²) in [6, 6.07) is 14.2. The number of rotatable bonds is 7. The Bertz CT molecular complexity index is 1150. The maximum Gasteiger partial charge on any atom is 0.262 e. The number of ether oxygens (including phenoxy) is 2. The number of nitrogens with one attached hydrogen (secondary N) is 1. The van der Waals surface area contributed by atoms with Gasteiger partial charge in [-0.3, -0.25) is 14.3 Å². The number of H-pyrrole nitrogens is 1. The van der Waals surface area contributed by atoms with Gasteiger partial charge in [-0.2, -0.15) is 0 Å². The number of likely N-dealkylation sites (tertiary alicyclic amines) is 1. The zero-order chi connectivity index (χ0) is 21.8. The molecule has 0 radical (unpaired) electrons. The van der Waals surface area contributed by atoms with Crippen LogP contribution in [-0.2, 0) is 6.54 Å². The summed E-state index contributed by atoms with van der Waals surface area (Å²) in [5, 5.41) is 0.576. The first-order chi connectivity index (χ1) is 15.1. The molecule has 1 N–H and O–H groups in total. The fraction of sp³-hybridized carbons (Fsp3) is 0.417. The molecule has 7 heteroatoms. The molecular formula is C24H29N3O3S. The van der Waals surface area contributed by atoms with E-state index in [1.54, 1.807) is 10.6 Å². The van der Waals surface area contributed by atoms with Gasteiger partial charge in [0.15, 0.2) is 16.3 Å². The summed E-state index contributed by atoms with van der Waals surface area (Å²) in [6.07, 6.45) is 1.79. The normalized spacial score (nSPS) is 15.3. The smallest absolute Gasteiger partial charge is 0.262 e. The molecule has 0 saturated carbocycles. The summed E-state index contributed by atoms with van der Waals surface area (Å²) >= 11 is 5.60. The number of hydrogen-bond donors (Lipinski definition) is 1. The van der Waals surface area contributed by atoms with Gasteiger partial charge in [-0.1, -0.05) is 30.3 Å². The van der Waals surface area contributed by atoms with E-state index in [1.807, 2.05) is 26.0 Å². The molecule has 1 aromatic heterocycles. The van der Waals surface area contributed by atoms with Crippen molar-refractivity contribution in [2.24, 2.45) is 0 Å². The quantitative estimate of drug-likeness (QED) is 0.541. The molecule has 0 bridgehead atoms. The van der Waals surface area contributed by atoms with E-state index >= 15 is 0 Å². The molecule has 2 heterocycles. The highest BCUT2D eigenvalue weighted by molar-refractivity contribution is 7.71. The van der Waals surface area contributed by atoms with Gasteiger partial charge in [-0.25, -0.2) is 0 Å². The first kappa shape index (κ1) is 21.6. The zero-order valence-electron chi connectivity index (χ0n) is 18.1. The molecular weight excluding hydrogens is 410 g/mol. The lowest BCUT2D eigenvalue weighted by atomic mass is 10.0. The number of hydrogen-bond acceptors (Lipinski definition) is 5. The van der Waals surface area contributed by atoms with Crippen LogP contribution >= 0.6 is 12.2 Å². The minimum absolute atomic E-state index is 0.0655. The lowest BCUT2D eigenvalue weighted by Crippen LogP contribution is -2.37. The van der Waals surface area contributed by atoms with Crippen LogP contribution in [0, 0.1) is 4.77 Å². The van der Waals surface area contributed by atoms with Gasteiger partial charge in [-0.15, -0.1) is 0 Å². The van der Waals surface area contributed by atoms with Crippen LogP contribution in [0.1, 0.15) is 38.3 Å². The van der Waals surface area contributed by atoms with E-state index in [9.17, 15) is 4.79 Å². The van der Waals surface area contributed by atoms with Crippen LogP contribution in [-0.4, -0.2) is 40.8 Å². The minimum atomic E-state index is -0.0655. The Morgan fingerprint density at radius 3 is 2.32 bits per heavy atom. The van der Waals surface area contributed by atoms with Crippen molar-refractivity contribution < 1.29 is 9.47 Å². The monoisotopic (exact) mass is 439 g/mol. The van der Waals surface area contributed by atoms with Crippen molar-refractivity contribution >= 4 is 23.1 Å². The molecule has 2 aromatic carbocycles. The molecule has 0 unspecified atom stereocenters. The predicted octanol–water partition coefficient (Wildman–Crippen LogP) is 4.69. The summed E-state index contributed by atoms with van der Waals surface area (Å²) in [5.74, 6) is 1.21. The second-order valence-electron chi connectivity index (χ2n) is 7.81. The highest BCUT2D eigenvalue weighted by Crippen LogP contribution is 2.31. The third kappa shape index (κ3) is 4.67. The van der Waals surface area contributed by atoms with E-state index in [1.165, 1.54) is 5.56 Å². The number of nitrogens with zero attached hydrogens (tertiary/aromatic N) is 2. The molecule has 0 spiro atoms. The first-order valence-corrected chi connectivity index (χ1v) is 11.4. The maximum absolute atomic E-state index is 13.4. The van der Waals surface area contributed by atoms with Crippen LogP contribution in [0.25, 0.3) is 10.9 Å². The van der Waals surface area contributed by atoms with E-state index in [0.717, 1.165) is 32.5 Å². The molecule has 0 aliphatic carbocycles. The van der Waals surface area contributed by atoms with Gasteiger partial charge in [0, 0.05) is 31.7 Å². The molecule has 3 aromatic rings. The molecule has 31 heavy (non-hydrogen) atoms. The lowest BCUT2D eigenvalue weighted by Gasteiger charge is -2.33. The Kier molecular flexibility index (Phi) is 6.73. The molecule has 1 aliphatic heterocycles. The van der Waals surface area contributed by atoms with Crippen LogP contribution in [0.3, 0.4) is 0 Å². The molecule has 6 nitrogen and oxygen atoms in total. The van der Waals surface area contributed by atoms with E-state index in [-0.39, 0.29) is 11.6 Å². The van der Waals surface area contributed by atoms with E-state index in [2.05, 4.69) is 34.1 Å². The highest BCUT2D eigenvalue weighted by Gasteiger charge is 2.23. The van der Waals surface area contributed by atoms with E-state index < -0.39 is 0 Å². The Morgan fingerprint density at radius 2 is 1.68 bits per heavy atom. The summed E-state index contributed by atoms with van der Waals surface area (Å²) in [4.78, 5) is 19.1. The Balaban J connectivity index is 1.60. The van der Waals surface area contributed by atoms with Gasteiger partial charge in [0.25, 0.3) is 5.56 Å². The summed E-state index contributed by atoms with van der Waals surface area (Å²) in [7, 11) is 0. The van der Waals surface area contributed by atoms with Gasteiger partial charge in [-0.05, 0) is 50.5 Å². The fourth-order valence-electron chi connectivity index (χ4n) is 4.28. The van der Waals surface area contributed by atoms with Crippen molar-refractivity contribution in [3.63, 3.8) is 0 Å². The van der Waals surface area contributed by atoms with Crippen molar-refractivity contribution in [2.45, 2.75) is 39.3 Å². The van der Waals surface area contributed by atoms with Crippen molar-refractivity contribution in [1.82, 2.24) is 14.5 Å². The molecule has 0 atom stereocenters. The van der Waals surface area contributed by atoms with E-state index in [0.29, 0.717) is 40.4 Å².